The van der Waals surface area contributed by atoms with Crippen molar-refractivity contribution >= 4 is 35.0 Å². The van der Waals surface area contributed by atoms with E-state index in [-0.39, 0.29) is 16.6 Å². The zero-order valence-electron chi connectivity index (χ0n) is 15.1. The molecule has 2 aromatic carbocycles. The van der Waals surface area contributed by atoms with Crippen LogP contribution >= 0.6 is 23.4 Å². The van der Waals surface area contributed by atoms with Gasteiger partial charge in [-0.2, -0.15) is 13.2 Å². The third-order valence-corrected chi connectivity index (χ3v) is 4.87. The lowest BCUT2D eigenvalue weighted by Crippen LogP contribution is -2.15. The first-order valence-corrected chi connectivity index (χ1v) is 9.78. The molecule has 0 bridgehead atoms. The van der Waals surface area contributed by atoms with Crippen molar-refractivity contribution in [2.24, 2.45) is 0 Å². The average molecular weight is 438 g/mol. The number of thioether (sulfide) groups is 1. The Morgan fingerprint density at radius 3 is 2.48 bits per heavy atom. The summed E-state index contributed by atoms with van der Waals surface area (Å²) >= 11 is 6.69. The second kappa shape index (κ2) is 8.84. The predicted octanol–water partition coefficient (Wildman–Crippen LogP) is 5.86. The summed E-state index contributed by atoms with van der Waals surface area (Å²) in [4.78, 5) is 19.9. The molecule has 3 aromatic rings. The highest BCUT2D eigenvalue weighted by molar-refractivity contribution is 7.99. The van der Waals surface area contributed by atoms with E-state index in [4.69, 9.17) is 11.6 Å². The minimum Gasteiger partial charge on any atom is -0.325 e. The van der Waals surface area contributed by atoms with Gasteiger partial charge in [0.05, 0.1) is 11.4 Å². The fraction of sp³-hybridized carbons (Fsp3) is 0.150. The summed E-state index contributed by atoms with van der Waals surface area (Å²) in [5.41, 5.74) is 1.10. The van der Waals surface area contributed by atoms with E-state index < -0.39 is 17.8 Å². The minimum absolute atomic E-state index is 0.128. The molecule has 0 atom stereocenters. The number of benzene rings is 2. The molecule has 0 unspecified atom stereocenters. The third-order valence-electron chi connectivity index (χ3n) is 3.78. The number of amides is 1. The summed E-state index contributed by atoms with van der Waals surface area (Å²) in [5, 5.41) is 2.96. The van der Waals surface area contributed by atoms with E-state index in [0.29, 0.717) is 16.3 Å². The first-order chi connectivity index (χ1) is 13.7. The van der Waals surface area contributed by atoms with E-state index in [1.807, 2.05) is 6.92 Å². The van der Waals surface area contributed by atoms with Crippen LogP contribution < -0.4 is 5.32 Å². The number of hydrogen-bond acceptors (Lipinski definition) is 4. The van der Waals surface area contributed by atoms with Crippen LogP contribution in [-0.2, 0) is 11.0 Å². The fourth-order valence-electron chi connectivity index (χ4n) is 2.40. The monoisotopic (exact) mass is 437 g/mol. The van der Waals surface area contributed by atoms with Crippen molar-refractivity contribution < 1.29 is 18.0 Å². The number of aromatic nitrogens is 2. The third kappa shape index (κ3) is 5.95. The molecule has 1 aromatic heterocycles. The van der Waals surface area contributed by atoms with Crippen molar-refractivity contribution in [3.05, 3.63) is 70.9 Å². The van der Waals surface area contributed by atoms with Crippen molar-refractivity contribution in [1.29, 1.82) is 0 Å². The van der Waals surface area contributed by atoms with Gasteiger partial charge >= 0.3 is 6.18 Å². The van der Waals surface area contributed by atoms with Gasteiger partial charge in [0.2, 0.25) is 5.91 Å². The number of aryl methyl sites for hydroxylation is 1. The Balaban J connectivity index is 1.79. The number of anilines is 1. The van der Waals surface area contributed by atoms with Gasteiger partial charge < -0.3 is 5.32 Å². The molecule has 4 nitrogen and oxygen atoms in total. The molecular weight excluding hydrogens is 423 g/mol. The number of carbonyl (C=O) groups excluding carboxylic acids is 1. The van der Waals surface area contributed by atoms with Crippen molar-refractivity contribution in [2.75, 3.05) is 11.1 Å². The normalized spacial score (nSPS) is 11.3. The smallest absolute Gasteiger partial charge is 0.325 e. The Bertz CT molecular complexity index is 1030. The van der Waals surface area contributed by atoms with Gasteiger partial charge in [-0.25, -0.2) is 9.97 Å². The van der Waals surface area contributed by atoms with Crippen LogP contribution in [0.5, 0.6) is 0 Å². The zero-order valence-corrected chi connectivity index (χ0v) is 16.7. The van der Waals surface area contributed by atoms with Gasteiger partial charge in [-0.05, 0) is 31.2 Å². The highest BCUT2D eigenvalue weighted by Crippen LogP contribution is 2.32. The van der Waals surface area contributed by atoms with E-state index in [1.54, 1.807) is 48.5 Å². The molecule has 0 radical (unpaired) electrons. The quantitative estimate of drug-likeness (QED) is 0.401. The van der Waals surface area contributed by atoms with Crippen LogP contribution in [0.2, 0.25) is 5.02 Å². The summed E-state index contributed by atoms with van der Waals surface area (Å²) in [6.45, 7) is 1.88. The van der Waals surface area contributed by atoms with Crippen LogP contribution in [-0.4, -0.2) is 21.6 Å². The van der Waals surface area contributed by atoms with Crippen LogP contribution in [0.25, 0.3) is 11.3 Å². The molecule has 1 amide bonds. The molecule has 0 spiro atoms. The molecule has 150 valence electrons. The number of halogens is 4. The number of hydrogen-bond donors (Lipinski definition) is 1. The highest BCUT2D eigenvalue weighted by Gasteiger charge is 2.34. The summed E-state index contributed by atoms with van der Waals surface area (Å²) in [6, 6.07) is 14.4. The van der Waals surface area contributed by atoms with Gasteiger partial charge in [0, 0.05) is 16.3 Å². The second-order valence-electron chi connectivity index (χ2n) is 6.13. The number of carbonyl (C=O) groups is 1. The topological polar surface area (TPSA) is 54.9 Å². The summed E-state index contributed by atoms with van der Waals surface area (Å²) < 4.78 is 39.8. The highest BCUT2D eigenvalue weighted by atomic mass is 35.5. The largest absolute Gasteiger partial charge is 0.433 e. The molecule has 1 heterocycles. The lowest BCUT2D eigenvalue weighted by molar-refractivity contribution is -0.141. The number of alkyl halides is 3. The van der Waals surface area contributed by atoms with E-state index in [9.17, 15) is 18.0 Å². The van der Waals surface area contributed by atoms with Crippen LogP contribution in [0.3, 0.4) is 0 Å². The van der Waals surface area contributed by atoms with Gasteiger partial charge in [0.15, 0.2) is 5.16 Å². The van der Waals surface area contributed by atoms with E-state index in [0.717, 1.165) is 23.4 Å². The Labute approximate surface area is 174 Å². The zero-order chi connectivity index (χ0) is 21.0. The molecule has 9 heteroatoms. The molecule has 1 N–H and O–H groups in total. The van der Waals surface area contributed by atoms with Crippen molar-refractivity contribution in [3.63, 3.8) is 0 Å². The van der Waals surface area contributed by atoms with Crippen LogP contribution in [0.1, 0.15) is 11.3 Å². The molecule has 0 aliphatic heterocycles. The SMILES string of the molecule is Cc1ccc(-c2cc(C(F)(F)F)nc(SCC(=O)Nc3cccc(Cl)c3)n2)cc1. The van der Waals surface area contributed by atoms with Gasteiger partial charge in [-0.15, -0.1) is 0 Å². The average Bonchev–Trinajstić information content (AvgIpc) is 2.66. The van der Waals surface area contributed by atoms with E-state index in [2.05, 4.69) is 15.3 Å². The lowest BCUT2D eigenvalue weighted by atomic mass is 10.1. The molecule has 0 aliphatic carbocycles. The van der Waals surface area contributed by atoms with E-state index >= 15 is 0 Å². The van der Waals surface area contributed by atoms with Crippen molar-refractivity contribution in [3.8, 4) is 11.3 Å². The van der Waals surface area contributed by atoms with Crippen molar-refractivity contribution in [2.45, 2.75) is 18.3 Å². The maximum atomic E-state index is 13.3. The maximum Gasteiger partial charge on any atom is 0.433 e. The lowest BCUT2D eigenvalue weighted by Gasteiger charge is -2.11. The molecule has 3 rings (SSSR count). The maximum absolute atomic E-state index is 13.3. The Morgan fingerprint density at radius 1 is 1.10 bits per heavy atom. The van der Waals surface area contributed by atoms with Gasteiger partial charge in [0.1, 0.15) is 5.69 Å². The number of rotatable bonds is 5. The molecule has 29 heavy (non-hydrogen) atoms. The minimum atomic E-state index is -4.62. The Kier molecular flexibility index (Phi) is 6.44. The van der Waals surface area contributed by atoms with Gasteiger partial charge in [-0.1, -0.05) is 59.3 Å². The molecule has 0 saturated carbocycles. The summed E-state index contributed by atoms with van der Waals surface area (Å²) in [6.07, 6.45) is -4.62. The van der Waals surface area contributed by atoms with Crippen LogP contribution in [0.4, 0.5) is 18.9 Å². The first kappa shape index (κ1) is 21.1. The van der Waals surface area contributed by atoms with E-state index in [1.165, 1.54) is 0 Å². The molecular formula is C20H15ClF3N3OS. The fourth-order valence-corrected chi connectivity index (χ4v) is 3.25. The Hall–Kier alpha value is -2.58. The second-order valence-corrected chi connectivity index (χ2v) is 7.51. The number of nitrogens with one attached hydrogen (secondary N) is 1. The number of nitrogens with zero attached hydrogens (tertiary/aromatic N) is 2. The summed E-state index contributed by atoms with van der Waals surface area (Å²) in [7, 11) is 0. The van der Waals surface area contributed by atoms with Gasteiger partial charge in [-0.3, -0.25) is 4.79 Å². The molecule has 0 aliphatic rings. The molecule has 0 saturated heterocycles. The van der Waals surface area contributed by atoms with Crippen LogP contribution in [0.15, 0.2) is 59.8 Å². The first-order valence-electron chi connectivity index (χ1n) is 8.42. The molecule has 0 fully saturated rings. The summed E-state index contributed by atoms with van der Waals surface area (Å²) in [5.74, 6) is -0.559. The Morgan fingerprint density at radius 2 is 1.83 bits per heavy atom. The standard InChI is InChI=1S/C20H15ClF3N3OS/c1-12-5-7-13(8-6-12)16-10-17(20(22,23)24)27-19(26-16)29-11-18(28)25-15-4-2-3-14(21)9-15/h2-10H,11H2,1H3,(H,25,28). The van der Waals surface area contributed by atoms with Gasteiger partial charge in [0.25, 0.3) is 0 Å². The van der Waals surface area contributed by atoms with Crippen LogP contribution in [0, 0.1) is 6.92 Å². The predicted molar refractivity (Wildman–Crippen MR) is 108 cm³/mol. The van der Waals surface area contributed by atoms with Crippen molar-refractivity contribution in [1.82, 2.24) is 9.97 Å².